The minimum absolute atomic E-state index is 0.0649. The second-order valence-electron chi connectivity index (χ2n) is 6.24. The number of morpholine rings is 1. The molecule has 11 nitrogen and oxygen atoms in total. The van der Waals surface area contributed by atoms with Crippen molar-refractivity contribution in [3.63, 3.8) is 0 Å². The third kappa shape index (κ3) is 4.23. The van der Waals surface area contributed by atoms with E-state index in [9.17, 15) is 4.79 Å². The number of aromatic nitrogens is 6. The van der Waals surface area contributed by atoms with E-state index in [1.807, 2.05) is 25.7 Å². The molecule has 0 spiro atoms. The molecule has 2 aromatic heterocycles. The highest BCUT2D eigenvalue weighted by Gasteiger charge is 2.23. The normalized spacial score (nSPS) is 15.8. The molecule has 1 saturated heterocycles. The zero-order chi connectivity index (χ0) is 18.5. The summed E-state index contributed by atoms with van der Waals surface area (Å²) in [5.41, 5.74) is 0.208. The first-order valence-corrected chi connectivity index (χ1v) is 8.45. The Morgan fingerprint density at radius 3 is 2.77 bits per heavy atom. The minimum atomic E-state index is -0.467. The molecular weight excluding hydrogens is 340 g/mol. The number of carbonyl (C=O) groups is 1. The van der Waals surface area contributed by atoms with E-state index in [1.165, 1.54) is 6.20 Å². The molecular formula is C15H22N8O3. The van der Waals surface area contributed by atoms with Crippen LogP contribution in [0.1, 0.15) is 31.1 Å². The van der Waals surface area contributed by atoms with Crippen molar-refractivity contribution in [3.8, 4) is 5.88 Å². The molecule has 0 aliphatic carbocycles. The molecule has 1 unspecified atom stereocenters. The lowest BCUT2D eigenvalue weighted by Crippen LogP contribution is -2.37. The number of tetrazole rings is 1. The third-order valence-corrected chi connectivity index (χ3v) is 4.09. The number of hydrogen-bond donors (Lipinski definition) is 2. The van der Waals surface area contributed by atoms with Crippen LogP contribution in [0, 0.1) is 5.92 Å². The molecule has 3 rings (SSSR count). The van der Waals surface area contributed by atoms with E-state index in [4.69, 9.17) is 9.47 Å². The predicted molar refractivity (Wildman–Crippen MR) is 92.1 cm³/mol. The Balaban J connectivity index is 1.87. The first-order valence-electron chi connectivity index (χ1n) is 8.45. The Hall–Kier alpha value is -2.82. The quantitative estimate of drug-likeness (QED) is 0.754. The lowest BCUT2D eigenvalue weighted by Gasteiger charge is -2.27. The van der Waals surface area contributed by atoms with Gasteiger partial charge in [-0.1, -0.05) is 18.9 Å². The van der Waals surface area contributed by atoms with Gasteiger partial charge in [0.15, 0.2) is 0 Å². The lowest BCUT2D eigenvalue weighted by molar-refractivity contribution is 0.101. The molecule has 3 heterocycles. The topological polar surface area (TPSA) is 131 Å². The van der Waals surface area contributed by atoms with Gasteiger partial charge in [0.25, 0.3) is 11.9 Å². The predicted octanol–water partition coefficient (Wildman–Crippen LogP) is 0.502. The van der Waals surface area contributed by atoms with Gasteiger partial charge in [0.1, 0.15) is 5.56 Å². The van der Waals surface area contributed by atoms with Gasteiger partial charge in [0.2, 0.25) is 11.8 Å². The Bertz CT molecular complexity index is 730. The van der Waals surface area contributed by atoms with Gasteiger partial charge in [0.05, 0.1) is 19.3 Å². The van der Waals surface area contributed by atoms with Crippen LogP contribution in [0.4, 0.5) is 11.9 Å². The molecule has 2 aromatic rings. The SMILES string of the molecule is CC(C)C(C)Oc1nc(N2CCOCC2)ncc1C(=O)Nc1nn[nH]n1. The number of H-pyrrole nitrogens is 1. The molecule has 11 heteroatoms. The van der Waals surface area contributed by atoms with E-state index in [0.29, 0.717) is 32.3 Å². The molecule has 26 heavy (non-hydrogen) atoms. The van der Waals surface area contributed by atoms with Gasteiger partial charge in [-0.15, -0.1) is 5.10 Å². The van der Waals surface area contributed by atoms with Crippen LogP contribution in [-0.4, -0.2) is 68.9 Å². The van der Waals surface area contributed by atoms with Crippen molar-refractivity contribution in [2.75, 3.05) is 36.5 Å². The number of rotatable bonds is 6. The number of anilines is 2. The molecule has 1 atom stereocenters. The highest BCUT2D eigenvalue weighted by molar-refractivity contribution is 6.04. The molecule has 1 aliphatic rings. The summed E-state index contributed by atoms with van der Waals surface area (Å²) in [6.45, 7) is 8.61. The molecule has 0 saturated carbocycles. The standard InChI is InChI=1S/C15H22N8O3/c1-9(2)10(3)26-13-11(12(24)17-14-19-21-22-20-14)8-16-15(18-13)23-4-6-25-7-5-23/h8-10H,4-7H2,1-3H3,(H2,17,19,20,21,22,24). The molecule has 1 aliphatic heterocycles. The van der Waals surface area contributed by atoms with E-state index in [-0.39, 0.29) is 29.4 Å². The minimum Gasteiger partial charge on any atom is -0.474 e. The van der Waals surface area contributed by atoms with Crippen LogP contribution in [0.25, 0.3) is 0 Å². The van der Waals surface area contributed by atoms with E-state index < -0.39 is 5.91 Å². The van der Waals surface area contributed by atoms with E-state index in [0.717, 1.165) is 0 Å². The van der Waals surface area contributed by atoms with Crippen molar-refractivity contribution < 1.29 is 14.3 Å². The largest absolute Gasteiger partial charge is 0.474 e. The number of ether oxygens (including phenoxy) is 2. The zero-order valence-corrected chi connectivity index (χ0v) is 15.0. The Labute approximate surface area is 150 Å². The number of hydrogen-bond acceptors (Lipinski definition) is 9. The lowest BCUT2D eigenvalue weighted by atomic mass is 10.1. The van der Waals surface area contributed by atoms with Gasteiger partial charge in [-0.3, -0.25) is 10.1 Å². The number of carbonyl (C=O) groups excluding carboxylic acids is 1. The highest BCUT2D eigenvalue weighted by atomic mass is 16.5. The van der Waals surface area contributed by atoms with Crippen molar-refractivity contribution in [1.82, 2.24) is 30.6 Å². The number of amides is 1. The summed E-state index contributed by atoms with van der Waals surface area (Å²) < 4.78 is 11.3. The number of nitrogens with one attached hydrogen (secondary N) is 2. The van der Waals surface area contributed by atoms with Crippen LogP contribution in [-0.2, 0) is 4.74 Å². The maximum absolute atomic E-state index is 12.5. The van der Waals surface area contributed by atoms with Gasteiger partial charge in [-0.05, 0) is 18.1 Å². The summed E-state index contributed by atoms with van der Waals surface area (Å²) in [5.74, 6) is 0.588. The third-order valence-electron chi connectivity index (χ3n) is 4.09. The van der Waals surface area contributed by atoms with Crippen LogP contribution in [0.2, 0.25) is 0 Å². The van der Waals surface area contributed by atoms with E-state index in [2.05, 4.69) is 35.9 Å². The Morgan fingerprint density at radius 2 is 2.12 bits per heavy atom. The summed E-state index contributed by atoms with van der Waals surface area (Å²) in [5, 5.41) is 15.6. The van der Waals surface area contributed by atoms with Crippen LogP contribution in [0.3, 0.4) is 0 Å². The van der Waals surface area contributed by atoms with Crippen molar-refractivity contribution in [2.24, 2.45) is 5.92 Å². The van der Waals surface area contributed by atoms with Gasteiger partial charge in [-0.2, -0.15) is 10.2 Å². The summed E-state index contributed by atoms with van der Waals surface area (Å²) in [4.78, 5) is 23.3. The maximum Gasteiger partial charge on any atom is 0.270 e. The fourth-order valence-electron chi connectivity index (χ4n) is 2.21. The monoisotopic (exact) mass is 362 g/mol. The summed E-state index contributed by atoms with van der Waals surface area (Å²) in [7, 11) is 0. The van der Waals surface area contributed by atoms with Crippen molar-refractivity contribution in [3.05, 3.63) is 11.8 Å². The average molecular weight is 362 g/mol. The van der Waals surface area contributed by atoms with Gasteiger partial charge in [-0.25, -0.2) is 4.98 Å². The second kappa shape index (κ2) is 8.04. The zero-order valence-electron chi connectivity index (χ0n) is 15.0. The number of nitrogens with zero attached hydrogens (tertiary/aromatic N) is 6. The van der Waals surface area contributed by atoms with Gasteiger partial charge >= 0.3 is 0 Å². The van der Waals surface area contributed by atoms with Crippen LogP contribution in [0.5, 0.6) is 5.88 Å². The molecule has 1 amide bonds. The average Bonchev–Trinajstić information content (AvgIpc) is 3.15. The summed E-state index contributed by atoms with van der Waals surface area (Å²) >= 11 is 0. The van der Waals surface area contributed by atoms with Crippen molar-refractivity contribution >= 4 is 17.8 Å². The van der Waals surface area contributed by atoms with Crippen molar-refractivity contribution in [2.45, 2.75) is 26.9 Å². The molecule has 0 radical (unpaired) electrons. The molecule has 140 valence electrons. The Kier molecular flexibility index (Phi) is 5.56. The van der Waals surface area contributed by atoms with Crippen LogP contribution < -0.4 is 15.0 Å². The molecule has 0 aromatic carbocycles. The van der Waals surface area contributed by atoms with Gasteiger partial charge < -0.3 is 14.4 Å². The fraction of sp³-hybridized carbons (Fsp3) is 0.600. The van der Waals surface area contributed by atoms with E-state index >= 15 is 0 Å². The second-order valence-corrected chi connectivity index (χ2v) is 6.24. The van der Waals surface area contributed by atoms with Crippen LogP contribution in [0.15, 0.2) is 6.20 Å². The first-order chi connectivity index (χ1) is 12.5. The van der Waals surface area contributed by atoms with Gasteiger partial charge in [0, 0.05) is 19.3 Å². The Morgan fingerprint density at radius 1 is 1.35 bits per heavy atom. The fourth-order valence-corrected chi connectivity index (χ4v) is 2.21. The van der Waals surface area contributed by atoms with Crippen LogP contribution >= 0.6 is 0 Å². The molecule has 0 bridgehead atoms. The molecule has 1 fully saturated rings. The first kappa shape index (κ1) is 18.0. The maximum atomic E-state index is 12.5. The summed E-state index contributed by atoms with van der Waals surface area (Å²) in [6.07, 6.45) is 1.33. The smallest absolute Gasteiger partial charge is 0.270 e. The summed E-state index contributed by atoms with van der Waals surface area (Å²) in [6, 6.07) is 0. The molecule has 2 N–H and O–H groups in total. The van der Waals surface area contributed by atoms with E-state index in [1.54, 1.807) is 0 Å². The number of aromatic amines is 1. The highest BCUT2D eigenvalue weighted by Crippen LogP contribution is 2.23. The van der Waals surface area contributed by atoms with Crippen molar-refractivity contribution in [1.29, 1.82) is 0 Å².